The fraction of sp³-hybridized carbons (Fsp3) is 0.455. The van der Waals surface area contributed by atoms with Gasteiger partial charge in [-0.05, 0) is 23.8 Å². The molecule has 0 N–H and O–H groups in total. The predicted octanol–water partition coefficient (Wildman–Crippen LogP) is 1.45. The van der Waals surface area contributed by atoms with Crippen LogP contribution in [-0.2, 0) is 16.8 Å². The van der Waals surface area contributed by atoms with Crippen LogP contribution in [0.15, 0.2) is 22.7 Å². The maximum Gasteiger partial charge on any atom is 0.282 e. The lowest BCUT2D eigenvalue weighted by atomic mass is 10.2. The smallest absolute Gasteiger partial charge is 0.282 e. The van der Waals surface area contributed by atoms with Crippen LogP contribution in [0.4, 0.5) is 0 Å². The lowest BCUT2D eigenvalue weighted by Crippen LogP contribution is -2.30. The predicted molar refractivity (Wildman–Crippen MR) is 72.7 cm³/mol. The molecule has 0 spiro atoms. The number of rotatable bonds is 3. The Morgan fingerprint density at radius 3 is 2.67 bits per heavy atom. The summed E-state index contributed by atoms with van der Waals surface area (Å²) >= 11 is 3.43. The van der Waals surface area contributed by atoms with E-state index in [4.69, 9.17) is 4.74 Å². The van der Waals surface area contributed by atoms with Crippen molar-refractivity contribution in [2.75, 3.05) is 27.2 Å². The molecule has 18 heavy (non-hydrogen) atoms. The molecule has 0 amide bonds. The number of hydrogen-bond donors (Lipinski definition) is 0. The summed E-state index contributed by atoms with van der Waals surface area (Å²) in [6, 6.07) is 5.54. The maximum atomic E-state index is 12.0. The Morgan fingerprint density at radius 1 is 1.39 bits per heavy atom. The molecule has 0 aromatic heterocycles. The summed E-state index contributed by atoms with van der Waals surface area (Å²) in [5.74, 6) is 0.721. The first-order valence-electron chi connectivity index (χ1n) is 5.49. The van der Waals surface area contributed by atoms with E-state index in [1.807, 2.05) is 18.2 Å². The first kappa shape index (κ1) is 13.8. The van der Waals surface area contributed by atoms with Gasteiger partial charge in [-0.3, -0.25) is 0 Å². The Bertz CT molecular complexity index is 547. The molecule has 1 aromatic rings. The highest BCUT2D eigenvalue weighted by molar-refractivity contribution is 9.10. The Kier molecular flexibility index (Phi) is 3.96. The van der Waals surface area contributed by atoms with Crippen LogP contribution in [0.5, 0.6) is 5.75 Å². The minimum absolute atomic E-state index is 0.352. The zero-order valence-corrected chi connectivity index (χ0v) is 12.7. The van der Waals surface area contributed by atoms with Gasteiger partial charge >= 0.3 is 0 Å². The number of methoxy groups -OCH3 is 1. The second-order valence-corrected chi connectivity index (χ2v) is 7.01. The van der Waals surface area contributed by atoms with Crippen molar-refractivity contribution in [2.45, 2.75) is 6.54 Å². The van der Waals surface area contributed by atoms with Crippen molar-refractivity contribution in [1.29, 1.82) is 0 Å². The van der Waals surface area contributed by atoms with E-state index in [-0.39, 0.29) is 0 Å². The topological polar surface area (TPSA) is 49.9 Å². The van der Waals surface area contributed by atoms with Crippen LogP contribution < -0.4 is 4.74 Å². The van der Waals surface area contributed by atoms with Gasteiger partial charge in [0.1, 0.15) is 5.75 Å². The summed E-state index contributed by atoms with van der Waals surface area (Å²) in [6.07, 6.45) is 0. The monoisotopic (exact) mass is 334 g/mol. The summed E-state index contributed by atoms with van der Waals surface area (Å²) in [4.78, 5) is 0. The first-order valence-corrected chi connectivity index (χ1v) is 7.68. The van der Waals surface area contributed by atoms with Gasteiger partial charge in [-0.2, -0.15) is 17.0 Å². The van der Waals surface area contributed by atoms with Gasteiger partial charge in [-0.1, -0.05) is 15.9 Å². The number of nitrogens with zero attached hydrogens (tertiary/aromatic N) is 2. The van der Waals surface area contributed by atoms with Crippen molar-refractivity contribution in [3.8, 4) is 5.75 Å². The SMILES string of the molecule is COc1ccc(Br)c(CN2CCN(C)S2(=O)=O)c1. The van der Waals surface area contributed by atoms with Crippen LogP contribution in [0.25, 0.3) is 0 Å². The molecule has 0 atom stereocenters. The molecule has 1 aliphatic rings. The van der Waals surface area contributed by atoms with Crippen LogP contribution in [0.2, 0.25) is 0 Å². The second kappa shape index (κ2) is 5.16. The normalized spacial score (nSPS) is 20.2. The molecule has 0 radical (unpaired) electrons. The van der Waals surface area contributed by atoms with Crippen molar-refractivity contribution in [3.05, 3.63) is 28.2 Å². The summed E-state index contributed by atoms with van der Waals surface area (Å²) in [6.45, 7) is 1.40. The highest BCUT2D eigenvalue weighted by Gasteiger charge is 2.33. The van der Waals surface area contributed by atoms with Crippen molar-refractivity contribution in [2.24, 2.45) is 0 Å². The third kappa shape index (κ3) is 2.54. The number of ether oxygens (including phenoxy) is 1. The van der Waals surface area contributed by atoms with Gasteiger partial charge in [0, 0.05) is 31.2 Å². The van der Waals surface area contributed by atoms with Gasteiger partial charge < -0.3 is 4.74 Å². The van der Waals surface area contributed by atoms with Crippen molar-refractivity contribution < 1.29 is 13.2 Å². The van der Waals surface area contributed by atoms with Gasteiger partial charge in [0.05, 0.1) is 7.11 Å². The zero-order chi connectivity index (χ0) is 13.3. The van der Waals surface area contributed by atoms with E-state index in [1.165, 1.54) is 8.61 Å². The molecule has 2 rings (SSSR count). The average Bonchev–Trinajstić information content (AvgIpc) is 2.58. The summed E-state index contributed by atoms with van der Waals surface area (Å²) < 4.78 is 32.8. The summed E-state index contributed by atoms with van der Waals surface area (Å²) in [5.41, 5.74) is 0.897. The van der Waals surface area contributed by atoms with Crippen LogP contribution >= 0.6 is 15.9 Å². The highest BCUT2D eigenvalue weighted by atomic mass is 79.9. The molecule has 1 saturated heterocycles. The van der Waals surface area contributed by atoms with Gasteiger partial charge in [-0.25, -0.2) is 0 Å². The van der Waals surface area contributed by atoms with E-state index in [9.17, 15) is 8.42 Å². The highest BCUT2D eigenvalue weighted by Crippen LogP contribution is 2.26. The molecule has 1 aromatic carbocycles. The van der Waals surface area contributed by atoms with E-state index in [0.717, 1.165) is 15.8 Å². The van der Waals surface area contributed by atoms with Gasteiger partial charge in [0.15, 0.2) is 0 Å². The van der Waals surface area contributed by atoms with Gasteiger partial charge in [-0.15, -0.1) is 0 Å². The third-order valence-corrected chi connectivity index (χ3v) is 5.69. The van der Waals surface area contributed by atoms with Crippen molar-refractivity contribution in [3.63, 3.8) is 0 Å². The average molecular weight is 335 g/mol. The van der Waals surface area contributed by atoms with E-state index in [2.05, 4.69) is 15.9 Å². The number of benzene rings is 1. The molecule has 0 aliphatic carbocycles. The fourth-order valence-electron chi connectivity index (χ4n) is 1.83. The Hall–Kier alpha value is -0.630. The molecule has 1 heterocycles. The Labute approximate surface area is 116 Å². The summed E-state index contributed by atoms with van der Waals surface area (Å²) in [7, 11) is -0.111. The maximum absolute atomic E-state index is 12.0. The van der Waals surface area contributed by atoms with Crippen molar-refractivity contribution in [1.82, 2.24) is 8.61 Å². The molecule has 1 aliphatic heterocycles. The molecule has 5 nitrogen and oxygen atoms in total. The number of hydrogen-bond acceptors (Lipinski definition) is 3. The van der Waals surface area contributed by atoms with E-state index in [0.29, 0.717) is 19.6 Å². The molecule has 100 valence electrons. The molecular weight excluding hydrogens is 320 g/mol. The van der Waals surface area contributed by atoms with Crippen LogP contribution in [0.1, 0.15) is 5.56 Å². The fourth-order valence-corrected chi connectivity index (χ4v) is 3.52. The molecule has 0 bridgehead atoms. The summed E-state index contributed by atoms with van der Waals surface area (Å²) in [5, 5.41) is 0. The van der Waals surface area contributed by atoms with Gasteiger partial charge in [0.25, 0.3) is 10.2 Å². The van der Waals surface area contributed by atoms with E-state index in [1.54, 1.807) is 14.2 Å². The van der Waals surface area contributed by atoms with Crippen LogP contribution in [0, 0.1) is 0 Å². The molecular formula is C11H15BrN2O3S. The largest absolute Gasteiger partial charge is 0.497 e. The van der Waals surface area contributed by atoms with Crippen LogP contribution in [-0.4, -0.2) is 44.3 Å². The first-order chi connectivity index (χ1) is 8.45. The van der Waals surface area contributed by atoms with Crippen molar-refractivity contribution >= 4 is 26.1 Å². The third-order valence-electron chi connectivity index (χ3n) is 2.98. The quantitative estimate of drug-likeness (QED) is 0.840. The number of likely N-dealkylation sites (N-methyl/N-ethyl adjacent to an activating group) is 1. The van der Waals surface area contributed by atoms with Gasteiger partial charge in [0.2, 0.25) is 0 Å². The zero-order valence-electron chi connectivity index (χ0n) is 10.3. The van der Waals surface area contributed by atoms with Crippen LogP contribution in [0.3, 0.4) is 0 Å². The molecule has 7 heteroatoms. The lowest BCUT2D eigenvalue weighted by molar-refractivity contribution is 0.410. The number of halogens is 1. The lowest BCUT2D eigenvalue weighted by Gasteiger charge is -2.17. The second-order valence-electron chi connectivity index (χ2n) is 4.12. The van der Waals surface area contributed by atoms with E-state index >= 15 is 0 Å². The Balaban J connectivity index is 2.25. The molecule has 0 unspecified atom stereocenters. The minimum atomic E-state index is -3.30. The molecule has 1 fully saturated rings. The molecule has 0 saturated carbocycles. The minimum Gasteiger partial charge on any atom is -0.497 e. The standard InChI is InChI=1S/C11H15BrN2O3S/c1-13-5-6-14(18(13,15)16)8-9-7-10(17-2)3-4-11(9)12/h3-4,7H,5-6,8H2,1-2H3. The van der Waals surface area contributed by atoms with E-state index < -0.39 is 10.2 Å². The Morgan fingerprint density at radius 2 is 2.11 bits per heavy atom.